The summed E-state index contributed by atoms with van der Waals surface area (Å²) in [5.74, 6) is 0. The van der Waals surface area contributed by atoms with Crippen LogP contribution in [-0.2, 0) is 5.41 Å². The number of fused-ring (bicyclic) bond motifs is 12. The molecule has 10 rings (SSSR count). The molecule has 46 heavy (non-hydrogen) atoms. The molecule has 0 atom stereocenters. The van der Waals surface area contributed by atoms with Gasteiger partial charge < -0.3 is 4.42 Å². The molecule has 8 aromatic carbocycles. The van der Waals surface area contributed by atoms with Gasteiger partial charge in [0, 0.05) is 21.6 Å². The molecular weight excluding hydrogens is 556 g/mol. The topological polar surface area (TPSA) is 13.1 Å². The highest BCUT2D eigenvalue weighted by molar-refractivity contribution is 6.25. The molecule has 0 radical (unpaired) electrons. The lowest BCUT2D eigenvalue weighted by Crippen LogP contribution is -2.15. The van der Waals surface area contributed by atoms with E-state index in [1.807, 2.05) is 0 Å². The van der Waals surface area contributed by atoms with Gasteiger partial charge in [-0.2, -0.15) is 0 Å². The van der Waals surface area contributed by atoms with Crippen LogP contribution in [0.5, 0.6) is 0 Å². The number of hydrogen-bond acceptors (Lipinski definition) is 1. The van der Waals surface area contributed by atoms with Crippen molar-refractivity contribution in [2.75, 3.05) is 0 Å². The highest BCUT2D eigenvalue weighted by atomic mass is 16.3. The Morgan fingerprint density at radius 3 is 1.61 bits per heavy atom. The van der Waals surface area contributed by atoms with Gasteiger partial charge in [0.05, 0.1) is 0 Å². The molecule has 1 aliphatic carbocycles. The molecule has 0 N–H and O–H groups in total. The van der Waals surface area contributed by atoms with Gasteiger partial charge in [0.2, 0.25) is 0 Å². The molecule has 0 aliphatic heterocycles. The fraction of sp³-hybridized carbons (Fsp3) is 0.0667. The summed E-state index contributed by atoms with van der Waals surface area (Å²) in [7, 11) is 0. The SMILES string of the molecule is CC1(C)c2cc(-c3c4ccccc4c(-c4ccccc4)c4ccccc34)ccc2-c2c1c1ccccc1c1oc3ccccc3c21. The van der Waals surface area contributed by atoms with Crippen molar-refractivity contribution in [1.29, 1.82) is 0 Å². The number of para-hydroxylation sites is 1. The van der Waals surface area contributed by atoms with E-state index < -0.39 is 0 Å². The monoisotopic (exact) mass is 586 g/mol. The van der Waals surface area contributed by atoms with Crippen molar-refractivity contribution in [2.24, 2.45) is 0 Å². The molecule has 0 amide bonds. The molecule has 0 saturated carbocycles. The van der Waals surface area contributed by atoms with Crippen LogP contribution in [0.25, 0.3) is 87.6 Å². The first-order valence-corrected chi connectivity index (χ1v) is 16.1. The second-order valence-corrected chi connectivity index (χ2v) is 13.2. The Morgan fingerprint density at radius 1 is 0.435 bits per heavy atom. The number of hydrogen-bond donors (Lipinski definition) is 0. The first-order chi connectivity index (χ1) is 22.6. The second kappa shape index (κ2) is 9.19. The summed E-state index contributed by atoms with van der Waals surface area (Å²) in [6.45, 7) is 4.80. The zero-order valence-electron chi connectivity index (χ0n) is 25.8. The summed E-state index contributed by atoms with van der Waals surface area (Å²) in [6, 6.07) is 53.2. The molecule has 1 heteroatoms. The van der Waals surface area contributed by atoms with E-state index in [9.17, 15) is 0 Å². The highest BCUT2D eigenvalue weighted by Crippen LogP contribution is 2.57. The quantitative estimate of drug-likeness (QED) is 0.184. The maximum absolute atomic E-state index is 6.61. The lowest BCUT2D eigenvalue weighted by Gasteiger charge is -2.24. The van der Waals surface area contributed by atoms with Crippen LogP contribution < -0.4 is 0 Å². The first-order valence-electron chi connectivity index (χ1n) is 16.1. The van der Waals surface area contributed by atoms with Gasteiger partial charge in [-0.3, -0.25) is 0 Å². The Hall–Kier alpha value is -5.66. The fourth-order valence-corrected chi connectivity index (χ4v) is 8.49. The van der Waals surface area contributed by atoms with Crippen LogP contribution in [0.15, 0.2) is 150 Å². The lowest BCUT2D eigenvalue weighted by molar-refractivity contribution is 0.664. The maximum atomic E-state index is 6.61. The summed E-state index contributed by atoms with van der Waals surface area (Å²) in [5, 5.41) is 9.99. The van der Waals surface area contributed by atoms with Gasteiger partial charge in [0.1, 0.15) is 11.2 Å². The second-order valence-electron chi connectivity index (χ2n) is 13.2. The van der Waals surface area contributed by atoms with E-state index in [0.717, 1.165) is 11.2 Å². The molecule has 1 nitrogen and oxygen atoms in total. The van der Waals surface area contributed by atoms with E-state index in [1.54, 1.807) is 0 Å². The fourth-order valence-electron chi connectivity index (χ4n) is 8.49. The molecule has 0 bridgehead atoms. The standard InChI is InChI=1S/C45H30O/c1-45(2)37-26-28(40-31-18-8-6-16-29(31)39(27-14-4-3-5-15-27)30-17-7-9-19-32(30)40)24-25-35(37)41-42-36-22-12-13-23-38(36)46-44(42)34-21-11-10-20-33(34)43(41)45/h3-26H,1-2H3. The summed E-state index contributed by atoms with van der Waals surface area (Å²) >= 11 is 0. The minimum Gasteiger partial charge on any atom is -0.455 e. The van der Waals surface area contributed by atoms with Crippen molar-refractivity contribution in [1.82, 2.24) is 0 Å². The van der Waals surface area contributed by atoms with E-state index in [1.165, 1.54) is 87.6 Å². The van der Waals surface area contributed by atoms with E-state index in [2.05, 4.69) is 159 Å². The Morgan fingerprint density at radius 2 is 0.957 bits per heavy atom. The van der Waals surface area contributed by atoms with Gasteiger partial charge in [-0.05, 0) is 83.6 Å². The molecule has 216 valence electrons. The Bertz CT molecular complexity index is 2650. The molecule has 1 aromatic heterocycles. The van der Waals surface area contributed by atoms with Gasteiger partial charge in [0.25, 0.3) is 0 Å². The van der Waals surface area contributed by atoms with Crippen LogP contribution in [0.1, 0.15) is 25.0 Å². The first kappa shape index (κ1) is 25.6. The average molecular weight is 587 g/mol. The van der Waals surface area contributed by atoms with Gasteiger partial charge >= 0.3 is 0 Å². The van der Waals surface area contributed by atoms with Crippen LogP contribution >= 0.6 is 0 Å². The molecular formula is C45H30O. The molecule has 1 heterocycles. The van der Waals surface area contributed by atoms with Gasteiger partial charge in [-0.25, -0.2) is 0 Å². The molecule has 0 saturated heterocycles. The molecule has 1 aliphatic rings. The van der Waals surface area contributed by atoms with Crippen LogP contribution in [0, 0.1) is 0 Å². The van der Waals surface area contributed by atoms with Crippen LogP contribution in [0.3, 0.4) is 0 Å². The summed E-state index contributed by atoms with van der Waals surface area (Å²) in [4.78, 5) is 0. The lowest BCUT2D eigenvalue weighted by atomic mass is 9.78. The number of benzene rings is 8. The van der Waals surface area contributed by atoms with E-state index in [4.69, 9.17) is 4.42 Å². The van der Waals surface area contributed by atoms with Crippen molar-refractivity contribution in [3.63, 3.8) is 0 Å². The van der Waals surface area contributed by atoms with Crippen molar-refractivity contribution >= 4 is 54.3 Å². The van der Waals surface area contributed by atoms with Crippen molar-refractivity contribution in [3.8, 4) is 33.4 Å². The predicted molar refractivity (Wildman–Crippen MR) is 195 cm³/mol. The van der Waals surface area contributed by atoms with Crippen LogP contribution in [-0.4, -0.2) is 0 Å². The largest absolute Gasteiger partial charge is 0.455 e. The third-order valence-corrected chi connectivity index (χ3v) is 10.4. The highest BCUT2D eigenvalue weighted by Gasteiger charge is 2.40. The van der Waals surface area contributed by atoms with Crippen LogP contribution in [0.4, 0.5) is 0 Å². The third kappa shape index (κ3) is 3.30. The molecule has 0 spiro atoms. The smallest absolute Gasteiger partial charge is 0.143 e. The Labute approximate surface area is 267 Å². The third-order valence-electron chi connectivity index (χ3n) is 10.4. The maximum Gasteiger partial charge on any atom is 0.143 e. The molecule has 0 fully saturated rings. The number of furan rings is 1. The van der Waals surface area contributed by atoms with Crippen molar-refractivity contribution < 1.29 is 4.42 Å². The van der Waals surface area contributed by atoms with Gasteiger partial charge in [-0.1, -0.05) is 147 Å². The minimum absolute atomic E-state index is 0.206. The summed E-state index contributed by atoms with van der Waals surface area (Å²) < 4.78 is 6.61. The Kier molecular flexibility index (Phi) is 5.12. The van der Waals surface area contributed by atoms with E-state index >= 15 is 0 Å². The van der Waals surface area contributed by atoms with E-state index in [-0.39, 0.29) is 5.41 Å². The zero-order chi connectivity index (χ0) is 30.6. The zero-order valence-corrected chi connectivity index (χ0v) is 25.8. The average Bonchev–Trinajstić information content (AvgIpc) is 3.60. The minimum atomic E-state index is -0.206. The van der Waals surface area contributed by atoms with Crippen LogP contribution in [0.2, 0.25) is 0 Å². The van der Waals surface area contributed by atoms with Gasteiger partial charge in [0.15, 0.2) is 0 Å². The predicted octanol–water partition coefficient (Wildman–Crippen LogP) is 12.7. The normalized spacial score (nSPS) is 13.6. The molecule has 0 unspecified atom stereocenters. The number of rotatable bonds is 2. The van der Waals surface area contributed by atoms with Crippen molar-refractivity contribution in [3.05, 3.63) is 157 Å². The summed E-state index contributed by atoms with van der Waals surface area (Å²) in [6.07, 6.45) is 0. The van der Waals surface area contributed by atoms with Crippen molar-refractivity contribution in [2.45, 2.75) is 19.3 Å². The molecule has 9 aromatic rings. The Balaban J connectivity index is 1.31. The van der Waals surface area contributed by atoms with E-state index in [0.29, 0.717) is 0 Å². The van der Waals surface area contributed by atoms with Gasteiger partial charge in [-0.15, -0.1) is 0 Å². The summed E-state index contributed by atoms with van der Waals surface area (Å²) in [5.41, 5.74) is 12.2.